The summed E-state index contributed by atoms with van der Waals surface area (Å²) in [4.78, 5) is 4.19. The van der Waals surface area contributed by atoms with E-state index >= 15 is 0 Å². The Bertz CT molecular complexity index is 320. The van der Waals surface area contributed by atoms with Gasteiger partial charge in [0.15, 0.2) is 0 Å². The summed E-state index contributed by atoms with van der Waals surface area (Å²) in [5.74, 6) is 0.673. The van der Waals surface area contributed by atoms with Crippen molar-refractivity contribution in [3.05, 3.63) is 30.1 Å². The van der Waals surface area contributed by atoms with E-state index in [1.54, 1.807) is 6.20 Å². The van der Waals surface area contributed by atoms with E-state index in [1.165, 1.54) is 0 Å². The number of aromatic nitrogens is 1. The maximum absolute atomic E-state index is 10.3. The van der Waals surface area contributed by atoms with E-state index in [9.17, 15) is 5.11 Å². The van der Waals surface area contributed by atoms with Crippen molar-refractivity contribution in [3.63, 3.8) is 0 Å². The summed E-state index contributed by atoms with van der Waals surface area (Å²) < 4.78 is 0. The van der Waals surface area contributed by atoms with Crippen LogP contribution in [0.1, 0.15) is 31.6 Å². The summed E-state index contributed by atoms with van der Waals surface area (Å²) in [6, 6.07) is 5.62. The lowest BCUT2D eigenvalue weighted by atomic mass is 9.59. The molecule has 1 aromatic heterocycles. The van der Waals surface area contributed by atoms with Crippen molar-refractivity contribution in [1.82, 2.24) is 4.98 Å². The molecule has 82 valence electrons. The third kappa shape index (κ3) is 1.77. The monoisotopic (exact) mass is 206 g/mol. The quantitative estimate of drug-likeness (QED) is 0.787. The van der Waals surface area contributed by atoms with Gasteiger partial charge < -0.3 is 10.8 Å². The Morgan fingerprint density at radius 1 is 1.60 bits per heavy atom. The number of nitrogens with two attached hydrogens (primary N) is 1. The normalized spacial score (nSPS) is 32.1. The summed E-state index contributed by atoms with van der Waals surface area (Å²) in [5, 5.41) is 10.3. The van der Waals surface area contributed by atoms with Crippen LogP contribution in [0.2, 0.25) is 0 Å². The molecule has 3 N–H and O–H groups in total. The van der Waals surface area contributed by atoms with E-state index in [1.807, 2.05) is 18.2 Å². The van der Waals surface area contributed by atoms with E-state index in [0.717, 1.165) is 18.5 Å². The average Bonchev–Trinajstić information content (AvgIpc) is 2.25. The summed E-state index contributed by atoms with van der Waals surface area (Å²) in [5.41, 5.74) is 6.40. The number of hydrogen-bond donors (Lipinski definition) is 2. The zero-order valence-corrected chi connectivity index (χ0v) is 9.06. The Balaban J connectivity index is 2.17. The van der Waals surface area contributed by atoms with Crippen molar-refractivity contribution in [2.24, 2.45) is 17.1 Å². The second kappa shape index (κ2) is 3.91. The minimum absolute atomic E-state index is 0.131. The lowest BCUT2D eigenvalue weighted by Gasteiger charge is -2.48. The second-order valence-corrected chi connectivity index (χ2v) is 4.74. The van der Waals surface area contributed by atoms with Gasteiger partial charge in [0.05, 0.1) is 5.69 Å². The summed E-state index contributed by atoms with van der Waals surface area (Å²) in [7, 11) is 0. The standard InChI is InChI=1S/C12H18N2O/c1-9-6-12(7-9,8-13)11(15)10-4-2-3-5-14-10/h2-5,9,11,15H,6-8,13H2,1H3/t9?,11-,12?/m0/s1. The molecule has 1 atom stereocenters. The van der Waals surface area contributed by atoms with Crippen molar-refractivity contribution in [3.8, 4) is 0 Å². The molecule has 2 rings (SSSR count). The van der Waals surface area contributed by atoms with Crippen LogP contribution >= 0.6 is 0 Å². The van der Waals surface area contributed by atoms with Crippen LogP contribution in [0, 0.1) is 11.3 Å². The predicted molar refractivity (Wildman–Crippen MR) is 59.1 cm³/mol. The Labute approximate surface area is 90.3 Å². The largest absolute Gasteiger partial charge is 0.386 e. The van der Waals surface area contributed by atoms with E-state index in [-0.39, 0.29) is 5.41 Å². The number of pyridine rings is 1. The first-order valence-corrected chi connectivity index (χ1v) is 5.47. The predicted octanol–water partition coefficient (Wildman–Crippen LogP) is 1.49. The number of rotatable bonds is 3. The fourth-order valence-electron chi connectivity index (χ4n) is 2.68. The molecule has 1 aliphatic carbocycles. The number of nitrogens with zero attached hydrogens (tertiary/aromatic N) is 1. The Hall–Kier alpha value is -0.930. The van der Waals surface area contributed by atoms with Gasteiger partial charge in [-0.2, -0.15) is 0 Å². The molecule has 0 amide bonds. The first-order chi connectivity index (χ1) is 7.18. The molecule has 1 fully saturated rings. The number of aliphatic hydroxyl groups is 1. The van der Waals surface area contributed by atoms with Crippen molar-refractivity contribution in [2.45, 2.75) is 25.9 Å². The lowest BCUT2D eigenvalue weighted by molar-refractivity contribution is -0.0623. The lowest BCUT2D eigenvalue weighted by Crippen LogP contribution is -2.47. The summed E-state index contributed by atoms with van der Waals surface area (Å²) >= 11 is 0. The van der Waals surface area contributed by atoms with E-state index in [2.05, 4.69) is 11.9 Å². The fraction of sp³-hybridized carbons (Fsp3) is 0.583. The van der Waals surface area contributed by atoms with Crippen LogP contribution in [0.15, 0.2) is 24.4 Å². The maximum Gasteiger partial charge on any atom is 0.103 e. The van der Waals surface area contributed by atoms with Gasteiger partial charge in [-0.05, 0) is 30.9 Å². The van der Waals surface area contributed by atoms with Crippen LogP contribution in [-0.2, 0) is 0 Å². The Morgan fingerprint density at radius 2 is 2.33 bits per heavy atom. The van der Waals surface area contributed by atoms with Gasteiger partial charge in [0, 0.05) is 18.2 Å². The first kappa shape index (κ1) is 10.6. The molecule has 3 heteroatoms. The second-order valence-electron chi connectivity index (χ2n) is 4.74. The minimum atomic E-state index is -0.514. The third-order valence-electron chi connectivity index (χ3n) is 3.46. The molecule has 15 heavy (non-hydrogen) atoms. The molecule has 1 aliphatic rings. The molecular weight excluding hydrogens is 188 g/mol. The smallest absolute Gasteiger partial charge is 0.103 e. The summed E-state index contributed by atoms with van der Waals surface area (Å²) in [6.07, 6.45) is 3.20. The zero-order valence-electron chi connectivity index (χ0n) is 9.06. The van der Waals surface area contributed by atoms with Gasteiger partial charge in [-0.1, -0.05) is 13.0 Å². The van der Waals surface area contributed by atoms with Gasteiger partial charge >= 0.3 is 0 Å². The van der Waals surface area contributed by atoms with Gasteiger partial charge in [0.2, 0.25) is 0 Å². The molecule has 1 aromatic rings. The van der Waals surface area contributed by atoms with E-state index in [4.69, 9.17) is 5.73 Å². The molecule has 3 nitrogen and oxygen atoms in total. The molecule has 0 aliphatic heterocycles. The first-order valence-electron chi connectivity index (χ1n) is 5.47. The highest BCUT2D eigenvalue weighted by molar-refractivity contribution is 5.13. The van der Waals surface area contributed by atoms with Gasteiger partial charge in [-0.3, -0.25) is 4.98 Å². The van der Waals surface area contributed by atoms with E-state index in [0.29, 0.717) is 12.5 Å². The maximum atomic E-state index is 10.3. The summed E-state index contributed by atoms with van der Waals surface area (Å²) in [6.45, 7) is 2.73. The van der Waals surface area contributed by atoms with Crippen molar-refractivity contribution < 1.29 is 5.11 Å². The van der Waals surface area contributed by atoms with Crippen LogP contribution in [0.3, 0.4) is 0 Å². The molecular formula is C12H18N2O. The molecule has 1 heterocycles. The highest BCUT2D eigenvalue weighted by atomic mass is 16.3. The third-order valence-corrected chi connectivity index (χ3v) is 3.46. The molecule has 0 unspecified atom stereocenters. The Kier molecular flexibility index (Phi) is 2.76. The van der Waals surface area contributed by atoms with Crippen LogP contribution in [0.4, 0.5) is 0 Å². The zero-order chi connectivity index (χ0) is 10.9. The fourth-order valence-corrected chi connectivity index (χ4v) is 2.68. The number of hydrogen-bond acceptors (Lipinski definition) is 3. The van der Waals surface area contributed by atoms with Gasteiger partial charge in [-0.15, -0.1) is 0 Å². The molecule has 0 spiro atoms. The van der Waals surface area contributed by atoms with Crippen LogP contribution < -0.4 is 5.73 Å². The van der Waals surface area contributed by atoms with Crippen LogP contribution in [-0.4, -0.2) is 16.6 Å². The molecule has 0 aromatic carbocycles. The minimum Gasteiger partial charge on any atom is -0.386 e. The van der Waals surface area contributed by atoms with Crippen LogP contribution in [0.5, 0.6) is 0 Å². The van der Waals surface area contributed by atoms with Crippen LogP contribution in [0.25, 0.3) is 0 Å². The molecule has 0 radical (unpaired) electrons. The van der Waals surface area contributed by atoms with Gasteiger partial charge in [-0.25, -0.2) is 0 Å². The molecule has 0 saturated heterocycles. The van der Waals surface area contributed by atoms with Crippen molar-refractivity contribution in [1.29, 1.82) is 0 Å². The van der Waals surface area contributed by atoms with Gasteiger partial charge in [0.25, 0.3) is 0 Å². The number of aliphatic hydroxyl groups excluding tert-OH is 1. The molecule has 1 saturated carbocycles. The molecule has 0 bridgehead atoms. The highest BCUT2D eigenvalue weighted by Crippen LogP contribution is 2.52. The van der Waals surface area contributed by atoms with Crippen molar-refractivity contribution >= 4 is 0 Å². The topological polar surface area (TPSA) is 59.1 Å². The average molecular weight is 206 g/mol. The van der Waals surface area contributed by atoms with Gasteiger partial charge in [0.1, 0.15) is 6.10 Å². The van der Waals surface area contributed by atoms with Crippen molar-refractivity contribution in [2.75, 3.05) is 6.54 Å². The highest BCUT2D eigenvalue weighted by Gasteiger charge is 2.47. The SMILES string of the molecule is CC1CC(CN)([C@@H](O)c2ccccn2)C1. The van der Waals surface area contributed by atoms with E-state index < -0.39 is 6.10 Å². The Morgan fingerprint density at radius 3 is 2.80 bits per heavy atom.